The number of carbonyl (C=O) groups is 1. The van der Waals surface area contributed by atoms with Gasteiger partial charge in [-0.15, -0.1) is 5.10 Å². The average Bonchev–Trinajstić information content (AvgIpc) is 3.05. The molecule has 19 heavy (non-hydrogen) atoms. The van der Waals surface area contributed by atoms with Gasteiger partial charge in [-0.3, -0.25) is 0 Å². The molecule has 3 rings (SSSR count). The first-order valence-corrected chi connectivity index (χ1v) is 5.28. The highest BCUT2D eigenvalue weighted by atomic mass is 16.5. The largest absolute Gasteiger partial charge is 0.463 e. The summed E-state index contributed by atoms with van der Waals surface area (Å²) in [6, 6.07) is 0. The zero-order valence-corrected chi connectivity index (χ0v) is 9.89. The van der Waals surface area contributed by atoms with Crippen LogP contribution in [-0.4, -0.2) is 42.2 Å². The third-order valence-electron chi connectivity index (χ3n) is 2.45. The van der Waals surface area contributed by atoms with Crippen LogP contribution in [0.3, 0.4) is 0 Å². The molecule has 3 aromatic heterocycles. The highest BCUT2D eigenvalue weighted by Gasteiger charge is 2.15. The Morgan fingerprint density at radius 3 is 3.05 bits per heavy atom. The topological polar surface area (TPSA) is 113 Å². The summed E-state index contributed by atoms with van der Waals surface area (Å²) in [7, 11) is 1.26. The normalized spacial score (nSPS) is 10.8. The van der Waals surface area contributed by atoms with Crippen LogP contribution in [0.4, 0.5) is 5.82 Å². The van der Waals surface area contributed by atoms with Crippen molar-refractivity contribution in [2.45, 2.75) is 0 Å². The monoisotopic (exact) mass is 259 g/mol. The second-order valence-corrected chi connectivity index (χ2v) is 3.65. The average molecular weight is 259 g/mol. The predicted octanol–water partition coefficient (Wildman–Crippen LogP) is -0.321. The van der Waals surface area contributed by atoms with E-state index in [0.29, 0.717) is 17.3 Å². The second kappa shape index (κ2) is 4.05. The number of anilines is 1. The Kier molecular flexibility index (Phi) is 2.37. The van der Waals surface area contributed by atoms with Crippen LogP contribution in [0.2, 0.25) is 0 Å². The number of rotatable bonds is 2. The highest BCUT2D eigenvalue weighted by molar-refractivity contribution is 5.84. The van der Waals surface area contributed by atoms with E-state index >= 15 is 0 Å². The molecule has 96 valence electrons. The molecular formula is C10H9N7O2. The summed E-state index contributed by atoms with van der Waals surface area (Å²) in [6.07, 6.45) is 6.32. The fraction of sp³-hybridized carbons (Fsp3) is 0.100. The van der Waals surface area contributed by atoms with Crippen LogP contribution in [0, 0.1) is 0 Å². The Morgan fingerprint density at radius 1 is 1.42 bits per heavy atom. The summed E-state index contributed by atoms with van der Waals surface area (Å²) in [5.74, 6) is 0.00159. The number of esters is 1. The Labute approximate surface area is 106 Å². The number of aromatic nitrogens is 6. The molecule has 0 aromatic carbocycles. The lowest BCUT2D eigenvalue weighted by Crippen LogP contribution is -2.08. The van der Waals surface area contributed by atoms with Crippen LogP contribution in [0.25, 0.3) is 11.5 Å². The first kappa shape index (κ1) is 11.1. The van der Waals surface area contributed by atoms with Gasteiger partial charge in [-0.1, -0.05) is 0 Å². The first-order chi connectivity index (χ1) is 9.19. The summed E-state index contributed by atoms with van der Waals surface area (Å²) >= 11 is 0. The van der Waals surface area contributed by atoms with Crippen molar-refractivity contribution in [2.75, 3.05) is 12.8 Å². The summed E-state index contributed by atoms with van der Waals surface area (Å²) < 4.78 is 7.57. The van der Waals surface area contributed by atoms with Crippen LogP contribution in [-0.2, 0) is 4.74 Å². The quantitative estimate of drug-likeness (QED) is 0.627. The number of ether oxygens (including phenoxy) is 1. The van der Waals surface area contributed by atoms with E-state index in [2.05, 4.69) is 24.8 Å². The molecule has 0 fully saturated rings. The van der Waals surface area contributed by atoms with Crippen LogP contribution in [0.5, 0.6) is 0 Å². The lowest BCUT2D eigenvalue weighted by molar-refractivity contribution is 0.0587. The van der Waals surface area contributed by atoms with Crippen molar-refractivity contribution in [1.29, 1.82) is 0 Å². The third kappa shape index (κ3) is 1.76. The lowest BCUT2D eigenvalue weighted by Gasteiger charge is -2.03. The van der Waals surface area contributed by atoms with Crippen molar-refractivity contribution < 1.29 is 9.53 Å². The van der Waals surface area contributed by atoms with Crippen molar-refractivity contribution >= 4 is 17.4 Å². The third-order valence-corrected chi connectivity index (χ3v) is 2.45. The molecule has 9 nitrogen and oxygen atoms in total. The molecule has 0 radical (unpaired) electrons. The fourth-order valence-corrected chi connectivity index (χ4v) is 1.64. The number of methoxy groups -OCH3 is 1. The number of fused-ring (bicyclic) bond motifs is 1. The van der Waals surface area contributed by atoms with E-state index in [1.54, 1.807) is 23.0 Å². The molecule has 0 unspecified atom stereocenters. The number of hydrogen-bond acceptors (Lipinski definition) is 7. The van der Waals surface area contributed by atoms with E-state index in [1.807, 2.05) is 0 Å². The molecule has 0 aliphatic carbocycles. The minimum Gasteiger partial charge on any atom is -0.463 e. The van der Waals surface area contributed by atoms with Gasteiger partial charge in [-0.2, -0.15) is 4.68 Å². The number of hydrogen-bond donors (Lipinski definition) is 1. The van der Waals surface area contributed by atoms with Crippen molar-refractivity contribution in [1.82, 2.24) is 29.1 Å². The van der Waals surface area contributed by atoms with Gasteiger partial charge in [0.1, 0.15) is 12.1 Å². The Hall–Kier alpha value is -2.97. The minimum absolute atomic E-state index is 0.0589. The fourth-order valence-electron chi connectivity index (χ4n) is 1.64. The smallest absolute Gasteiger partial charge is 0.377 e. The highest BCUT2D eigenvalue weighted by Crippen LogP contribution is 2.13. The number of nitrogens with zero attached hydrogens (tertiary/aromatic N) is 6. The number of nitrogen functional groups attached to an aromatic ring is 1. The van der Waals surface area contributed by atoms with Crippen molar-refractivity contribution in [3.05, 3.63) is 30.7 Å². The Balaban J connectivity index is 2.16. The summed E-state index contributed by atoms with van der Waals surface area (Å²) in [5.41, 5.74) is 6.25. The Morgan fingerprint density at radius 2 is 2.26 bits per heavy atom. The van der Waals surface area contributed by atoms with Gasteiger partial charge < -0.3 is 14.9 Å². The van der Waals surface area contributed by atoms with Gasteiger partial charge in [0.2, 0.25) is 5.82 Å². The van der Waals surface area contributed by atoms with E-state index in [4.69, 9.17) is 5.73 Å². The van der Waals surface area contributed by atoms with Gasteiger partial charge >= 0.3 is 5.97 Å². The van der Waals surface area contributed by atoms with E-state index in [9.17, 15) is 4.79 Å². The zero-order valence-electron chi connectivity index (χ0n) is 9.89. The summed E-state index contributed by atoms with van der Waals surface area (Å²) in [6.45, 7) is 0. The standard InChI is InChI=1S/C10H9N7O2/c1-19-10(18)7-13-5-17(15-7)9-8-12-2-3-16(8)4-6(11)14-9/h2-5H,11H2,1H3. The van der Waals surface area contributed by atoms with Gasteiger partial charge in [0.15, 0.2) is 5.65 Å². The SMILES string of the molecule is COC(=O)c1ncn(-c2nc(N)cn3ccnc23)n1. The number of imidazole rings is 1. The van der Waals surface area contributed by atoms with Crippen molar-refractivity contribution in [3.63, 3.8) is 0 Å². The molecule has 0 aliphatic heterocycles. The van der Waals surface area contributed by atoms with Gasteiger partial charge in [-0.05, 0) is 0 Å². The van der Waals surface area contributed by atoms with E-state index in [-0.39, 0.29) is 5.82 Å². The first-order valence-electron chi connectivity index (χ1n) is 5.28. The Bertz CT molecular complexity index is 760. The molecule has 0 saturated carbocycles. The van der Waals surface area contributed by atoms with E-state index < -0.39 is 5.97 Å². The molecule has 3 aromatic rings. The lowest BCUT2D eigenvalue weighted by atomic mass is 10.6. The molecule has 2 N–H and O–H groups in total. The molecule has 3 heterocycles. The zero-order chi connectivity index (χ0) is 13.4. The van der Waals surface area contributed by atoms with Crippen molar-refractivity contribution in [3.8, 4) is 5.82 Å². The van der Waals surface area contributed by atoms with E-state index in [1.165, 1.54) is 18.1 Å². The van der Waals surface area contributed by atoms with Crippen LogP contribution in [0.1, 0.15) is 10.6 Å². The number of carbonyl (C=O) groups excluding carboxylic acids is 1. The van der Waals surface area contributed by atoms with Crippen LogP contribution < -0.4 is 5.73 Å². The predicted molar refractivity (Wildman–Crippen MR) is 63.7 cm³/mol. The summed E-state index contributed by atoms with van der Waals surface area (Å²) in [5, 5.41) is 3.98. The molecular weight excluding hydrogens is 250 g/mol. The molecule has 0 saturated heterocycles. The minimum atomic E-state index is -0.623. The maximum atomic E-state index is 11.3. The van der Waals surface area contributed by atoms with E-state index in [0.717, 1.165) is 0 Å². The van der Waals surface area contributed by atoms with Gasteiger partial charge in [-0.25, -0.2) is 19.7 Å². The summed E-state index contributed by atoms with van der Waals surface area (Å²) in [4.78, 5) is 23.5. The molecule has 0 bridgehead atoms. The molecule has 0 spiro atoms. The number of nitrogens with two attached hydrogens (primary N) is 1. The molecule has 9 heteroatoms. The molecule has 0 atom stereocenters. The van der Waals surface area contributed by atoms with Gasteiger partial charge in [0.25, 0.3) is 5.82 Å². The van der Waals surface area contributed by atoms with Gasteiger partial charge in [0, 0.05) is 12.4 Å². The van der Waals surface area contributed by atoms with Crippen LogP contribution >= 0.6 is 0 Å². The maximum Gasteiger partial charge on any atom is 0.377 e. The maximum absolute atomic E-state index is 11.3. The second-order valence-electron chi connectivity index (χ2n) is 3.65. The molecule has 0 aliphatic rings. The molecule has 0 amide bonds. The van der Waals surface area contributed by atoms with Crippen LogP contribution in [0.15, 0.2) is 24.9 Å². The van der Waals surface area contributed by atoms with Crippen molar-refractivity contribution in [2.24, 2.45) is 0 Å². The van der Waals surface area contributed by atoms with Gasteiger partial charge in [0.05, 0.1) is 13.3 Å².